The molecule has 5 nitrogen and oxygen atoms in total. The zero-order valence-electron chi connectivity index (χ0n) is 14.5. The van der Waals surface area contributed by atoms with Gasteiger partial charge in [-0.2, -0.15) is 5.26 Å². The Hall–Kier alpha value is -2.75. The van der Waals surface area contributed by atoms with E-state index in [0.717, 1.165) is 0 Å². The number of methoxy groups -OCH3 is 1. The number of carbonyl (C=O) groups is 1. The zero-order valence-corrected chi connectivity index (χ0v) is 16.8. The lowest BCUT2D eigenvalue weighted by Gasteiger charge is -2.12. The zero-order chi connectivity index (χ0) is 19.8. The summed E-state index contributed by atoms with van der Waals surface area (Å²) in [7, 11) is 1.51. The number of nitrogens with zero attached hydrogens (tertiary/aromatic N) is 1. The number of rotatable bonds is 7. The molecule has 0 bridgehead atoms. The molecule has 138 valence electrons. The SMILES string of the molecule is C=CCOc1cc(Br)c(C=C(C#N)C(=O)Nc2cccc(Cl)c2)cc1OC. The van der Waals surface area contributed by atoms with Crippen molar-refractivity contribution in [1.29, 1.82) is 5.26 Å². The maximum absolute atomic E-state index is 12.4. The first-order valence-corrected chi connectivity index (χ1v) is 8.95. The number of halogens is 2. The van der Waals surface area contributed by atoms with E-state index < -0.39 is 5.91 Å². The molecule has 0 radical (unpaired) electrons. The molecule has 2 aromatic rings. The van der Waals surface area contributed by atoms with Crippen LogP contribution in [0.4, 0.5) is 5.69 Å². The Morgan fingerprint density at radius 2 is 2.15 bits per heavy atom. The van der Waals surface area contributed by atoms with Gasteiger partial charge in [0.2, 0.25) is 0 Å². The predicted molar refractivity (Wildman–Crippen MR) is 110 cm³/mol. The lowest BCUT2D eigenvalue weighted by molar-refractivity contribution is -0.112. The van der Waals surface area contributed by atoms with E-state index in [2.05, 4.69) is 27.8 Å². The first kappa shape index (κ1) is 20.6. The largest absolute Gasteiger partial charge is 0.493 e. The minimum atomic E-state index is -0.544. The van der Waals surface area contributed by atoms with Crippen LogP contribution in [0.5, 0.6) is 11.5 Å². The third kappa shape index (κ3) is 5.61. The smallest absolute Gasteiger partial charge is 0.266 e. The molecular weight excluding hydrogens is 432 g/mol. The topological polar surface area (TPSA) is 71.3 Å². The van der Waals surface area contributed by atoms with Gasteiger partial charge in [-0.3, -0.25) is 4.79 Å². The summed E-state index contributed by atoms with van der Waals surface area (Å²) in [5.74, 6) is 0.444. The Morgan fingerprint density at radius 3 is 2.78 bits per heavy atom. The van der Waals surface area contributed by atoms with Crippen molar-refractivity contribution in [3.8, 4) is 17.6 Å². The number of ether oxygens (including phenoxy) is 2. The first-order valence-electron chi connectivity index (χ1n) is 7.78. The monoisotopic (exact) mass is 446 g/mol. The second-order valence-electron chi connectivity index (χ2n) is 5.26. The lowest BCUT2D eigenvalue weighted by Crippen LogP contribution is -2.13. The molecule has 2 rings (SSSR count). The summed E-state index contributed by atoms with van der Waals surface area (Å²) < 4.78 is 11.5. The molecule has 0 unspecified atom stereocenters. The number of carbonyl (C=O) groups excluding carboxylic acids is 1. The highest BCUT2D eigenvalue weighted by Gasteiger charge is 2.14. The number of nitrogens with one attached hydrogen (secondary N) is 1. The average Bonchev–Trinajstić information content (AvgIpc) is 2.65. The Labute approximate surface area is 171 Å². The fourth-order valence-corrected chi connectivity index (χ4v) is 2.78. The normalized spacial score (nSPS) is 10.7. The standard InChI is InChI=1S/C20H16BrClN2O3/c1-3-7-27-19-11-17(21)13(9-18(19)26-2)8-14(12-23)20(25)24-16-6-4-5-15(22)10-16/h3-6,8-11H,1,7H2,2H3,(H,24,25). The second-order valence-corrected chi connectivity index (χ2v) is 6.55. The number of nitriles is 1. The summed E-state index contributed by atoms with van der Waals surface area (Å²) in [6, 6.07) is 12.0. The highest BCUT2D eigenvalue weighted by Crippen LogP contribution is 2.34. The van der Waals surface area contributed by atoms with Gasteiger partial charge in [-0.05, 0) is 42.0 Å². The summed E-state index contributed by atoms with van der Waals surface area (Å²) in [6.07, 6.45) is 3.08. The maximum atomic E-state index is 12.4. The summed E-state index contributed by atoms with van der Waals surface area (Å²) in [6.45, 7) is 3.93. The molecule has 1 N–H and O–H groups in total. The summed E-state index contributed by atoms with van der Waals surface area (Å²) in [5.41, 5.74) is 1.02. The molecule has 0 saturated carbocycles. The van der Waals surface area contributed by atoms with Crippen molar-refractivity contribution in [2.24, 2.45) is 0 Å². The Kier molecular flexibility index (Phi) is 7.47. The molecule has 0 heterocycles. The molecule has 0 aliphatic heterocycles. The highest BCUT2D eigenvalue weighted by atomic mass is 79.9. The molecule has 0 saturated heterocycles. The van der Waals surface area contributed by atoms with E-state index in [4.69, 9.17) is 21.1 Å². The van der Waals surface area contributed by atoms with Gasteiger partial charge in [0, 0.05) is 15.2 Å². The third-order valence-electron chi connectivity index (χ3n) is 3.39. The van der Waals surface area contributed by atoms with Crippen molar-refractivity contribution in [2.75, 3.05) is 19.0 Å². The van der Waals surface area contributed by atoms with Gasteiger partial charge in [0.25, 0.3) is 5.91 Å². The first-order chi connectivity index (χ1) is 13.0. The molecule has 1 amide bonds. The van der Waals surface area contributed by atoms with Gasteiger partial charge in [-0.25, -0.2) is 0 Å². The number of amides is 1. The van der Waals surface area contributed by atoms with Crippen LogP contribution in [0.1, 0.15) is 5.56 Å². The lowest BCUT2D eigenvalue weighted by atomic mass is 10.1. The van der Waals surface area contributed by atoms with Crippen LogP contribution in [0, 0.1) is 11.3 Å². The molecular formula is C20H16BrClN2O3. The summed E-state index contributed by atoms with van der Waals surface area (Å²) in [4.78, 5) is 12.4. The maximum Gasteiger partial charge on any atom is 0.266 e. The van der Waals surface area contributed by atoms with Gasteiger partial charge in [0.05, 0.1) is 7.11 Å². The predicted octanol–water partition coefficient (Wildman–Crippen LogP) is 5.22. The average molecular weight is 448 g/mol. The van der Waals surface area contributed by atoms with Crippen LogP contribution in [0.2, 0.25) is 5.02 Å². The van der Waals surface area contributed by atoms with Gasteiger partial charge in [0.15, 0.2) is 11.5 Å². The van der Waals surface area contributed by atoms with Crippen molar-refractivity contribution in [1.82, 2.24) is 0 Å². The molecule has 0 fully saturated rings. The number of anilines is 1. The van der Waals surface area contributed by atoms with E-state index in [9.17, 15) is 10.1 Å². The fourth-order valence-electron chi connectivity index (χ4n) is 2.15. The number of hydrogen-bond acceptors (Lipinski definition) is 4. The van der Waals surface area contributed by atoms with Crippen molar-refractivity contribution in [2.45, 2.75) is 0 Å². The third-order valence-corrected chi connectivity index (χ3v) is 4.31. The van der Waals surface area contributed by atoms with Gasteiger partial charge < -0.3 is 14.8 Å². The molecule has 0 spiro atoms. The van der Waals surface area contributed by atoms with Gasteiger partial charge in [-0.15, -0.1) is 0 Å². The summed E-state index contributed by atoms with van der Waals surface area (Å²) in [5, 5.41) is 12.5. The van der Waals surface area contributed by atoms with E-state index in [0.29, 0.717) is 38.9 Å². The molecule has 0 atom stereocenters. The number of benzene rings is 2. The van der Waals surface area contributed by atoms with E-state index >= 15 is 0 Å². The minimum absolute atomic E-state index is 0.0718. The van der Waals surface area contributed by atoms with Crippen LogP contribution >= 0.6 is 27.5 Å². The van der Waals surface area contributed by atoms with E-state index in [1.54, 1.807) is 42.5 Å². The molecule has 0 aliphatic carbocycles. The second kappa shape index (κ2) is 9.81. The van der Waals surface area contributed by atoms with Crippen molar-refractivity contribution >= 4 is 45.2 Å². The van der Waals surface area contributed by atoms with Crippen molar-refractivity contribution in [3.05, 3.63) is 69.7 Å². The Morgan fingerprint density at radius 1 is 1.37 bits per heavy atom. The number of hydrogen-bond donors (Lipinski definition) is 1. The summed E-state index contributed by atoms with van der Waals surface area (Å²) >= 11 is 9.33. The van der Waals surface area contributed by atoms with Crippen molar-refractivity contribution < 1.29 is 14.3 Å². The van der Waals surface area contributed by atoms with Gasteiger partial charge >= 0.3 is 0 Å². The van der Waals surface area contributed by atoms with Crippen LogP contribution in [0.25, 0.3) is 6.08 Å². The fraction of sp³-hybridized carbons (Fsp3) is 0.100. The van der Waals surface area contributed by atoms with Crippen molar-refractivity contribution in [3.63, 3.8) is 0 Å². The Balaban J connectivity index is 2.32. The van der Waals surface area contributed by atoms with Crippen LogP contribution in [-0.4, -0.2) is 19.6 Å². The minimum Gasteiger partial charge on any atom is -0.493 e. The Bertz CT molecular complexity index is 935. The van der Waals surface area contributed by atoms with Gasteiger partial charge in [-0.1, -0.05) is 46.3 Å². The molecule has 2 aromatic carbocycles. The highest BCUT2D eigenvalue weighted by molar-refractivity contribution is 9.10. The molecule has 27 heavy (non-hydrogen) atoms. The van der Waals surface area contributed by atoms with Crippen LogP contribution in [-0.2, 0) is 4.79 Å². The van der Waals surface area contributed by atoms with Crippen LogP contribution in [0.15, 0.2) is 59.1 Å². The quantitative estimate of drug-likeness (QED) is 0.359. The molecule has 0 aromatic heterocycles. The molecule has 7 heteroatoms. The van der Waals surface area contributed by atoms with E-state index in [1.165, 1.54) is 13.2 Å². The van der Waals surface area contributed by atoms with Crippen LogP contribution < -0.4 is 14.8 Å². The van der Waals surface area contributed by atoms with Crippen LogP contribution in [0.3, 0.4) is 0 Å². The van der Waals surface area contributed by atoms with Gasteiger partial charge in [0.1, 0.15) is 18.2 Å². The molecule has 0 aliphatic rings. The van der Waals surface area contributed by atoms with E-state index in [-0.39, 0.29) is 5.57 Å². The van der Waals surface area contributed by atoms with E-state index in [1.807, 2.05) is 6.07 Å².